The van der Waals surface area contributed by atoms with Crippen LogP contribution >= 0.6 is 15.9 Å². The van der Waals surface area contributed by atoms with Crippen molar-refractivity contribution in [1.82, 2.24) is 0 Å². The van der Waals surface area contributed by atoms with Gasteiger partial charge in [0, 0.05) is 10.2 Å². The predicted molar refractivity (Wildman–Crippen MR) is 61.9 cm³/mol. The van der Waals surface area contributed by atoms with E-state index in [0.717, 1.165) is 10.2 Å². The summed E-state index contributed by atoms with van der Waals surface area (Å²) in [5, 5.41) is 0. The number of halogens is 1. The van der Waals surface area contributed by atoms with Crippen LogP contribution in [0.25, 0.3) is 0 Å². The highest BCUT2D eigenvalue weighted by molar-refractivity contribution is 9.10. The maximum Gasteiger partial charge on any atom is 0.253 e. The standard InChI is InChI=1S/C11H12BrNO2/c1-8-6-15-7-11(14)13(8)10-4-2-9(12)3-5-10/h2-5,8H,6-7H2,1H3. The summed E-state index contributed by atoms with van der Waals surface area (Å²) in [5.41, 5.74) is 0.930. The zero-order valence-electron chi connectivity index (χ0n) is 8.44. The molecule has 1 amide bonds. The summed E-state index contributed by atoms with van der Waals surface area (Å²) in [6.45, 7) is 2.77. The Morgan fingerprint density at radius 3 is 2.67 bits per heavy atom. The second kappa shape index (κ2) is 4.33. The van der Waals surface area contributed by atoms with Gasteiger partial charge in [0.25, 0.3) is 5.91 Å². The lowest BCUT2D eigenvalue weighted by Crippen LogP contribution is -2.48. The number of benzene rings is 1. The largest absolute Gasteiger partial charge is 0.369 e. The molecule has 0 spiro atoms. The van der Waals surface area contributed by atoms with E-state index < -0.39 is 0 Å². The lowest BCUT2D eigenvalue weighted by molar-refractivity contribution is -0.127. The predicted octanol–water partition coefficient (Wildman–Crippen LogP) is 2.20. The monoisotopic (exact) mass is 269 g/mol. The quantitative estimate of drug-likeness (QED) is 0.783. The molecule has 4 heteroatoms. The van der Waals surface area contributed by atoms with E-state index in [0.29, 0.717) is 6.61 Å². The third-order valence-corrected chi connectivity index (χ3v) is 2.93. The topological polar surface area (TPSA) is 29.5 Å². The Hall–Kier alpha value is -0.870. The summed E-state index contributed by atoms with van der Waals surface area (Å²) in [6.07, 6.45) is 0. The van der Waals surface area contributed by atoms with E-state index >= 15 is 0 Å². The first-order valence-corrected chi connectivity index (χ1v) is 5.63. The SMILES string of the molecule is CC1COCC(=O)N1c1ccc(Br)cc1. The van der Waals surface area contributed by atoms with Crippen LogP contribution in [0.4, 0.5) is 5.69 Å². The van der Waals surface area contributed by atoms with Gasteiger partial charge in [-0.25, -0.2) is 0 Å². The Bertz CT molecular complexity index is 363. The highest BCUT2D eigenvalue weighted by Gasteiger charge is 2.26. The Morgan fingerprint density at radius 2 is 2.07 bits per heavy atom. The van der Waals surface area contributed by atoms with E-state index in [1.807, 2.05) is 31.2 Å². The molecule has 1 saturated heterocycles. The maximum absolute atomic E-state index is 11.7. The Kier molecular flexibility index (Phi) is 3.07. The highest BCUT2D eigenvalue weighted by atomic mass is 79.9. The molecule has 2 rings (SSSR count). The van der Waals surface area contributed by atoms with Crippen molar-refractivity contribution in [3.05, 3.63) is 28.7 Å². The van der Waals surface area contributed by atoms with Gasteiger partial charge in [-0.05, 0) is 31.2 Å². The first kappa shape index (κ1) is 10.6. The van der Waals surface area contributed by atoms with Crippen LogP contribution in [0, 0.1) is 0 Å². The first-order valence-electron chi connectivity index (χ1n) is 4.84. The molecule has 1 aliphatic heterocycles. The van der Waals surface area contributed by atoms with Crippen LogP contribution in [-0.2, 0) is 9.53 Å². The molecule has 0 radical (unpaired) electrons. The fourth-order valence-electron chi connectivity index (χ4n) is 1.71. The number of rotatable bonds is 1. The minimum absolute atomic E-state index is 0.0241. The van der Waals surface area contributed by atoms with Crippen molar-refractivity contribution < 1.29 is 9.53 Å². The van der Waals surface area contributed by atoms with E-state index in [9.17, 15) is 4.79 Å². The van der Waals surface area contributed by atoms with Crippen LogP contribution in [-0.4, -0.2) is 25.2 Å². The Labute approximate surface area is 97.2 Å². The number of carbonyl (C=O) groups excluding carboxylic acids is 1. The van der Waals surface area contributed by atoms with Gasteiger partial charge in [-0.3, -0.25) is 4.79 Å². The number of anilines is 1. The number of hydrogen-bond acceptors (Lipinski definition) is 2. The molecule has 1 atom stereocenters. The van der Waals surface area contributed by atoms with Gasteiger partial charge in [-0.1, -0.05) is 15.9 Å². The number of amides is 1. The Morgan fingerprint density at radius 1 is 1.40 bits per heavy atom. The third-order valence-electron chi connectivity index (χ3n) is 2.40. The van der Waals surface area contributed by atoms with Gasteiger partial charge in [-0.15, -0.1) is 0 Å². The number of carbonyl (C=O) groups is 1. The first-order chi connectivity index (χ1) is 7.18. The van der Waals surface area contributed by atoms with Crippen molar-refractivity contribution in [1.29, 1.82) is 0 Å². The van der Waals surface area contributed by atoms with Gasteiger partial charge in [-0.2, -0.15) is 0 Å². The van der Waals surface area contributed by atoms with E-state index in [2.05, 4.69) is 15.9 Å². The molecule has 1 fully saturated rings. The van der Waals surface area contributed by atoms with E-state index in [4.69, 9.17) is 4.74 Å². The minimum atomic E-state index is 0.0241. The molecule has 1 aromatic carbocycles. The van der Waals surface area contributed by atoms with E-state index in [1.165, 1.54) is 0 Å². The fraction of sp³-hybridized carbons (Fsp3) is 0.364. The molecule has 80 valence electrons. The maximum atomic E-state index is 11.7. The van der Waals surface area contributed by atoms with Crippen LogP contribution < -0.4 is 4.90 Å². The summed E-state index contributed by atoms with van der Waals surface area (Å²) in [7, 11) is 0. The molecule has 0 saturated carbocycles. The summed E-state index contributed by atoms with van der Waals surface area (Å²) < 4.78 is 6.18. The smallest absolute Gasteiger partial charge is 0.253 e. The van der Waals surface area contributed by atoms with Crippen LogP contribution in [0.3, 0.4) is 0 Å². The highest BCUT2D eigenvalue weighted by Crippen LogP contribution is 2.22. The number of ether oxygens (including phenoxy) is 1. The summed E-state index contributed by atoms with van der Waals surface area (Å²) in [5.74, 6) is 0.0241. The van der Waals surface area contributed by atoms with E-state index in [1.54, 1.807) is 4.90 Å². The van der Waals surface area contributed by atoms with Crippen molar-refractivity contribution in [2.45, 2.75) is 13.0 Å². The average Bonchev–Trinajstić information content (AvgIpc) is 2.20. The molecule has 0 bridgehead atoms. The van der Waals surface area contributed by atoms with Crippen LogP contribution in [0.2, 0.25) is 0 Å². The van der Waals surface area contributed by atoms with Gasteiger partial charge in [0.1, 0.15) is 6.61 Å². The number of hydrogen-bond donors (Lipinski definition) is 0. The second-order valence-corrected chi connectivity index (χ2v) is 4.52. The van der Waals surface area contributed by atoms with Gasteiger partial charge in [0.15, 0.2) is 0 Å². The van der Waals surface area contributed by atoms with Crippen LogP contribution in [0.5, 0.6) is 0 Å². The zero-order chi connectivity index (χ0) is 10.8. The van der Waals surface area contributed by atoms with Gasteiger partial charge in [0.05, 0.1) is 12.6 Å². The summed E-state index contributed by atoms with van der Waals surface area (Å²) in [6, 6.07) is 7.84. The van der Waals surface area contributed by atoms with Crippen molar-refractivity contribution in [2.24, 2.45) is 0 Å². The molecule has 1 heterocycles. The van der Waals surface area contributed by atoms with Crippen molar-refractivity contribution in [2.75, 3.05) is 18.1 Å². The normalized spacial score (nSPS) is 21.9. The Balaban J connectivity index is 2.27. The number of morpholine rings is 1. The molecule has 1 aromatic rings. The average molecular weight is 270 g/mol. The molecule has 1 aliphatic rings. The van der Waals surface area contributed by atoms with Crippen LogP contribution in [0.15, 0.2) is 28.7 Å². The molecular formula is C11H12BrNO2. The van der Waals surface area contributed by atoms with Crippen LogP contribution in [0.1, 0.15) is 6.92 Å². The molecular weight excluding hydrogens is 258 g/mol. The minimum Gasteiger partial charge on any atom is -0.369 e. The van der Waals surface area contributed by atoms with Gasteiger partial charge in [0.2, 0.25) is 0 Å². The second-order valence-electron chi connectivity index (χ2n) is 3.60. The zero-order valence-corrected chi connectivity index (χ0v) is 10.0. The molecule has 0 aliphatic carbocycles. The molecule has 0 aromatic heterocycles. The van der Waals surface area contributed by atoms with Crippen molar-refractivity contribution in [3.63, 3.8) is 0 Å². The molecule has 0 N–H and O–H groups in total. The third kappa shape index (κ3) is 2.21. The van der Waals surface area contributed by atoms with E-state index in [-0.39, 0.29) is 18.6 Å². The van der Waals surface area contributed by atoms with Crippen molar-refractivity contribution in [3.8, 4) is 0 Å². The molecule has 3 nitrogen and oxygen atoms in total. The fourth-order valence-corrected chi connectivity index (χ4v) is 1.97. The lowest BCUT2D eigenvalue weighted by atomic mass is 10.2. The lowest BCUT2D eigenvalue weighted by Gasteiger charge is -2.33. The van der Waals surface area contributed by atoms with Gasteiger partial charge < -0.3 is 9.64 Å². The molecule has 15 heavy (non-hydrogen) atoms. The van der Waals surface area contributed by atoms with Gasteiger partial charge >= 0.3 is 0 Å². The summed E-state index contributed by atoms with van der Waals surface area (Å²) in [4.78, 5) is 13.5. The summed E-state index contributed by atoms with van der Waals surface area (Å²) >= 11 is 3.37. The molecule has 1 unspecified atom stereocenters. The van der Waals surface area contributed by atoms with Crippen molar-refractivity contribution >= 4 is 27.5 Å². The number of nitrogens with zero attached hydrogens (tertiary/aromatic N) is 1.